The van der Waals surface area contributed by atoms with Crippen LogP contribution in [-0.2, 0) is 11.2 Å². The molecule has 114 valence electrons. The van der Waals surface area contributed by atoms with Gasteiger partial charge >= 0.3 is 0 Å². The van der Waals surface area contributed by atoms with Crippen molar-refractivity contribution < 1.29 is 4.79 Å². The van der Waals surface area contributed by atoms with E-state index in [1.165, 1.54) is 15.3 Å². The first-order valence-electron chi connectivity index (χ1n) is 7.15. The summed E-state index contributed by atoms with van der Waals surface area (Å²) in [5, 5.41) is 0. The van der Waals surface area contributed by atoms with Crippen molar-refractivity contribution in [3.8, 4) is 0 Å². The van der Waals surface area contributed by atoms with Gasteiger partial charge in [-0.25, -0.2) is 0 Å². The van der Waals surface area contributed by atoms with Crippen LogP contribution in [0.25, 0.3) is 0 Å². The maximum absolute atomic E-state index is 12.1. The molecule has 1 fully saturated rings. The third-order valence-electron chi connectivity index (χ3n) is 3.87. The Balaban J connectivity index is 0.00000200. The molecule has 1 aliphatic heterocycles. The summed E-state index contributed by atoms with van der Waals surface area (Å²) >= 11 is 1.85. The van der Waals surface area contributed by atoms with Crippen molar-refractivity contribution in [3.05, 3.63) is 21.4 Å². The average molecular weight is 317 g/mol. The lowest BCUT2D eigenvalue weighted by Gasteiger charge is -2.30. The molecule has 0 aromatic carbocycles. The highest BCUT2D eigenvalue weighted by molar-refractivity contribution is 7.12. The Morgan fingerprint density at radius 3 is 2.60 bits per heavy atom. The number of amides is 1. The van der Waals surface area contributed by atoms with E-state index in [2.05, 4.69) is 19.9 Å². The van der Waals surface area contributed by atoms with Gasteiger partial charge in [-0.15, -0.1) is 23.7 Å². The normalized spacial score (nSPS) is 16.1. The molecule has 0 saturated carbocycles. The molecule has 5 heteroatoms. The number of rotatable bonds is 4. The lowest BCUT2D eigenvalue weighted by molar-refractivity contribution is -0.132. The smallest absolute Gasteiger partial charge is 0.222 e. The third kappa shape index (κ3) is 4.76. The van der Waals surface area contributed by atoms with Gasteiger partial charge in [0.1, 0.15) is 0 Å². The molecule has 1 aliphatic rings. The van der Waals surface area contributed by atoms with E-state index in [1.54, 1.807) is 0 Å². The topological polar surface area (TPSA) is 46.3 Å². The largest absolute Gasteiger partial charge is 0.343 e. The van der Waals surface area contributed by atoms with Gasteiger partial charge in [0, 0.05) is 35.3 Å². The van der Waals surface area contributed by atoms with E-state index < -0.39 is 0 Å². The Bertz CT molecular complexity index is 439. The van der Waals surface area contributed by atoms with E-state index in [4.69, 9.17) is 5.73 Å². The number of carbonyl (C=O) groups excluding carboxylic acids is 1. The maximum atomic E-state index is 12.1. The first-order chi connectivity index (χ1) is 9.06. The molecule has 3 nitrogen and oxygen atoms in total. The first-order valence-corrected chi connectivity index (χ1v) is 7.97. The van der Waals surface area contributed by atoms with Gasteiger partial charge in [-0.2, -0.15) is 0 Å². The second-order valence-corrected chi connectivity index (χ2v) is 6.97. The van der Waals surface area contributed by atoms with Crippen LogP contribution in [0, 0.1) is 13.8 Å². The molecule has 0 bridgehead atoms. The standard InChI is InChI=1S/C15H24N2OS.ClH/c1-11-10-13(12(2)19-11)4-3-5-15(18)17-8-6-14(16)7-9-17;/h10,14H,3-9,16H2,1-2H3;1H. The molecular formula is C15H25ClN2OS. The third-order valence-corrected chi connectivity index (χ3v) is 4.88. The zero-order valence-corrected chi connectivity index (χ0v) is 14.0. The fraction of sp³-hybridized carbons (Fsp3) is 0.667. The number of nitrogens with zero attached hydrogens (tertiary/aromatic N) is 1. The van der Waals surface area contributed by atoms with Crippen molar-refractivity contribution in [2.75, 3.05) is 13.1 Å². The molecule has 0 atom stereocenters. The summed E-state index contributed by atoms with van der Waals surface area (Å²) < 4.78 is 0. The number of piperidine rings is 1. The summed E-state index contributed by atoms with van der Waals surface area (Å²) in [6, 6.07) is 2.55. The minimum Gasteiger partial charge on any atom is -0.343 e. The number of halogens is 1. The Morgan fingerprint density at radius 1 is 1.40 bits per heavy atom. The van der Waals surface area contributed by atoms with Crippen molar-refractivity contribution >= 4 is 29.7 Å². The van der Waals surface area contributed by atoms with Gasteiger partial charge in [0.2, 0.25) is 5.91 Å². The number of nitrogens with two attached hydrogens (primary N) is 1. The van der Waals surface area contributed by atoms with Gasteiger partial charge in [0.15, 0.2) is 0 Å². The zero-order chi connectivity index (χ0) is 13.8. The highest BCUT2D eigenvalue weighted by Gasteiger charge is 2.19. The van der Waals surface area contributed by atoms with Gasteiger partial charge in [-0.1, -0.05) is 0 Å². The molecule has 1 amide bonds. The van der Waals surface area contributed by atoms with Crippen LogP contribution in [0.4, 0.5) is 0 Å². The second-order valence-electron chi connectivity index (χ2n) is 5.51. The van der Waals surface area contributed by atoms with E-state index in [9.17, 15) is 4.79 Å². The number of likely N-dealkylation sites (tertiary alicyclic amines) is 1. The monoisotopic (exact) mass is 316 g/mol. The predicted molar refractivity (Wildman–Crippen MR) is 87.8 cm³/mol. The van der Waals surface area contributed by atoms with Gasteiger partial charge in [-0.3, -0.25) is 4.79 Å². The van der Waals surface area contributed by atoms with E-state index in [-0.39, 0.29) is 12.4 Å². The van der Waals surface area contributed by atoms with Crippen LogP contribution < -0.4 is 5.73 Å². The molecule has 0 unspecified atom stereocenters. The van der Waals surface area contributed by atoms with Crippen molar-refractivity contribution in [1.82, 2.24) is 4.90 Å². The lowest BCUT2D eigenvalue weighted by atomic mass is 10.0. The number of hydrogen-bond donors (Lipinski definition) is 1. The first kappa shape index (κ1) is 17.5. The zero-order valence-electron chi connectivity index (χ0n) is 12.4. The van der Waals surface area contributed by atoms with Crippen LogP contribution >= 0.6 is 23.7 Å². The van der Waals surface area contributed by atoms with Crippen molar-refractivity contribution in [2.24, 2.45) is 5.73 Å². The van der Waals surface area contributed by atoms with Gasteiger partial charge in [0.25, 0.3) is 0 Å². The molecule has 1 aromatic rings. The number of carbonyl (C=O) groups is 1. The molecule has 0 aliphatic carbocycles. The molecule has 0 spiro atoms. The highest BCUT2D eigenvalue weighted by Crippen LogP contribution is 2.22. The molecule has 20 heavy (non-hydrogen) atoms. The van der Waals surface area contributed by atoms with Crippen LogP contribution in [0.5, 0.6) is 0 Å². The summed E-state index contributed by atoms with van der Waals surface area (Å²) in [7, 11) is 0. The minimum absolute atomic E-state index is 0. The van der Waals surface area contributed by atoms with Gasteiger partial charge in [-0.05, 0) is 51.2 Å². The molecule has 2 heterocycles. The molecule has 1 aromatic heterocycles. The summed E-state index contributed by atoms with van der Waals surface area (Å²) in [5.74, 6) is 0.302. The summed E-state index contributed by atoms with van der Waals surface area (Å²) in [6.07, 6.45) is 4.56. The Hall–Kier alpha value is -0.580. The van der Waals surface area contributed by atoms with Crippen LogP contribution in [0.1, 0.15) is 41.0 Å². The quantitative estimate of drug-likeness (QED) is 0.928. The van der Waals surface area contributed by atoms with E-state index in [0.717, 1.165) is 38.8 Å². The SMILES string of the molecule is Cc1cc(CCCC(=O)N2CCC(N)CC2)c(C)s1.Cl. The van der Waals surface area contributed by atoms with E-state index in [0.29, 0.717) is 18.4 Å². The van der Waals surface area contributed by atoms with Crippen LogP contribution in [-0.4, -0.2) is 29.9 Å². The van der Waals surface area contributed by atoms with Crippen molar-refractivity contribution in [2.45, 2.75) is 52.0 Å². The lowest BCUT2D eigenvalue weighted by Crippen LogP contribution is -2.42. The van der Waals surface area contributed by atoms with Crippen LogP contribution in [0.3, 0.4) is 0 Å². The minimum atomic E-state index is 0. The predicted octanol–water partition coefficient (Wildman–Crippen LogP) is 3.06. The molecule has 1 saturated heterocycles. The number of hydrogen-bond acceptors (Lipinski definition) is 3. The Kier molecular flexibility index (Phi) is 7.00. The van der Waals surface area contributed by atoms with Crippen molar-refractivity contribution in [3.63, 3.8) is 0 Å². The maximum Gasteiger partial charge on any atom is 0.222 e. The van der Waals surface area contributed by atoms with E-state index >= 15 is 0 Å². The fourth-order valence-corrected chi connectivity index (χ4v) is 3.64. The molecule has 2 N–H and O–H groups in total. The summed E-state index contributed by atoms with van der Waals surface area (Å²) in [6.45, 7) is 6.00. The summed E-state index contributed by atoms with van der Waals surface area (Å²) in [4.78, 5) is 16.8. The van der Waals surface area contributed by atoms with Crippen LogP contribution in [0.2, 0.25) is 0 Å². The number of aryl methyl sites for hydroxylation is 3. The molecule has 2 rings (SSSR count). The Labute approximate surface area is 131 Å². The van der Waals surface area contributed by atoms with Crippen LogP contribution in [0.15, 0.2) is 6.07 Å². The van der Waals surface area contributed by atoms with Gasteiger partial charge < -0.3 is 10.6 Å². The average Bonchev–Trinajstić information content (AvgIpc) is 2.68. The molecular weight excluding hydrogens is 292 g/mol. The highest BCUT2D eigenvalue weighted by atomic mass is 35.5. The van der Waals surface area contributed by atoms with Gasteiger partial charge in [0.05, 0.1) is 0 Å². The second kappa shape index (κ2) is 8.01. The van der Waals surface area contributed by atoms with E-state index in [1.807, 2.05) is 16.2 Å². The van der Waals surface area contributed by atoms with Crippen molar-refractivity contribution in [1.29, 1.82) is 0 Å². The Morgan fingerprint density at radius 2 is 2.05 bits per heavy atom. The molecule has 0 radical (unpaired) electrons. The number of thiophene rings is 1. The summed E-state index contributed by atoms with van der Waals surface area (Å²) in [5.41, 5.74) is 7.27. The fourth-order valence-electron chi connectivity index (χ4n) is 2.67.